The highest BCUT2D eigenvalue weighted by atomic mass is 79.9. The molecule has 0 radical (unpaired) electrons. The molecule has 0 N–H and O–H groups in total. The smallest absolute Gasteiger partial charge is 0.269 e. The van der Waals surface area contributed by atoms with E-state index in [1.54, 1.807) is 42.6 Å². The van der Waals surface area contributed by atoms with E-state index in [1.807, 2.05) is 24.0 Å². The Bertz CT molecular complexity index is 1510. The number of halogens is 1. The van der Waals surface area contributed by atoms with E-state index in [4.69, 9.17) is 0 Å². The molecule has 7 nitrogen and oxygen atoms in total. The van der Waals surface area contributed by atoms with E-state index >= 15 is 0 Å². The minimum Gasteiger partial charge on any atom is -0.338 e. The Morgan fingerprint density at radius 1 is 1.11 bits per heavy atom. The average Bonchev–Trinajstić information content (AvgIpc) is 3.49. The lowest BCUT2D eigenvalue weighted by atomic mass is 10.1. The normalized spacial score (nSPS) is 16.2. The number of hydrogen-bond donors (Lipinski definition) is 0. The van der Waals surface area contributed by atoms with E-state index in [-0.39, 0.29) is 16.4 Å². The van der Waals surface area contributed by atoms with Crippen LogP contribution in [0.25, 0.3) is 22.3 Å². The van der Waals surface area contributed by atoms with Crippen LogP contribution in [0, 0.1) is 12.8 Å². The van der Waals surface area contributed by atoms with Crippen LogP contribution >= 0.6 is 15.9 Å². The summed E-state index contributed by atoms with van der Waals surface area (Å²) in [6.45, 7) is 5.64. The summed E-state index contributed by atoms with van der Waals surface area (Å²) in [7, 11) is -3.88. The third kappa shape index (κ3) is 4.38. The number of aryl methyl sites for hydroxylation is 1. The molecule has 0 unspecified atom stereocenters. The fourth-order valence-electron chi connectivity index (χ4n) is 4.49. The summed E-state index contributed by atoms with van der Waals surface area (Å²) in [6.07, 6.45) is 5.15. The van der Waals surface area contributed by atoms with Gasteiger partial charge in [0.2, 0.25) is 0 Å². The molecular formula is C26H25BrN4O3S. The number of aromatic nitrogens is 3. The van der Waals surface area contributed by atoms with Crippen molar-refractivity contribution in [2.75, 3.05) is 13.1 Å². The van der Waals surface area contributed by atoms with Crippen LogP contribution in [0.4, 0.5) is 0 Å². The molecule has 35 heavy (non-hydrogen) atoms. The van der Waals surface area contributed by atoms with Crippen molar-refractivity contribution in [3.63, 3.8) is 0 Å². The molecule has 1 saturated heterocycles. The maximum absolute atomic E-state index is 13.5. The highest BCUT2D eigenvalue weighted by Gasteiger charge is 2.27. The summed E-state index contributed by atoms with van der Waals surface area (Å²) in [5.74, 6) is 0.594. The number of carbonyl (C=O) groups excluding carboxylic acids is 1. The van der Waals surface area contributed by atoms with Gasteiger partial charge in [0.05, 0.1) is 11.1 Å². The molecule has 4 aromatic rings. The Morgan fingerprint density at radius 3 is 2.49 bits per heavy atom. The van der Waals surface area contributed by atoms with Crippen molar-refractivity contribution in [2.24, 2.45) is 5.92 Å². The van der Waals surface area contributed by atoms with E-state index in [2.05, 4.69) is 32.8 Å². The topological polar surface area (TPSA) is 85.2 Å². The third-order valence-corrected chi connectivity index (χ3v) is 8.65. The van der Waals surface area contributed by atoms with Crippen LogP contribution in [0.2, 0.25) is 0 Å². The molecule has 180 valence electrons. The van der Waals surface area contributed by atoms with Crippen LogP contribution in [0.5, 0.6) is 0 Å². The lowest BCUT2D eigenvalue weighted by Gasteiger charge is -2.16. The van der Waals surface area contributed by atoms with Crippen LogP contribution < -0.4 is 0 Å². The van der Waals surface area contributed by atoms with Gasteiger partial charge in [-0.1, -0.05) is 43.2 Å². The number of benzene rings is 2. The van der Waals surface area contributed by atoms with Crippen LogP contribution in [0.1, 0.15) is 35.7 Å². The summed E-state index contributed by atoms with van der Waals surface area (Å²) >= 11 is 3.35. The van der Waals surface area contributed by atoms with Gasteiger partial charge in [-0.25, -0.2) is 22.4 Å². The van der Waals surface area contributed by atoms with Gasteiger partial charge in [0.1, 0.15) is 10.1 Å². The molecule has 0 aliphatic carbocycles. The number of amides is 1. The van der Waals surface area contributed by atoms with Crippen LogP contribution in [-0.4, -0.2) is 46.3 Å². The standard InChI is InChI=1S/C26H25BrN4O3S/c1-3-18-12-13-30(15-18)26(32)20-8-6-19(7-9-20)22-16-31(25-24(22)29-23(27)14-28-25)35(33,34)21-10-4-17(2)5-11-21/h4-11,14,16,18H,3,12-13,15H2,1-2H3/t18-/m0/s1. The Morgan fingerprint density at radius 2 is 1.83 bits per heavy atom. The predicted octanol–water partition coefficient (Wildman–Crippen LogP) is 5.28. The molecular weight excluding hydrogens is 528 g/mol. The molecule has 2 aromatic carbocycles. The van der Waals surface area contributed by atoms with Crippen molar-refractivity contribution in [3.8, 4) is 11.1 Å². The summed E-state index contributed by atoms with van der Waals surface area (Å²) < 4.78 is 28.6. The van der Waals surface area contributed by atoms with Crippen molar-refractivity contribution >= 4 is 43.0 Å². The Labute approximate surface area is 213 Å². The lowest BCUT2D eigenvalue weighted by Crippen LogP contribution is -2.28. The first kappa shape index (κ1) is 23.7. The summed E-state index contributed by atoms with van der Waals surface area (Å²) in [6, 6.07) is 14.0. The van der Waals surface area contributed by atoms with Gasteiger partial charge in [-0.15, -0.1) is 0 Å². The third-order valence-electron chi connectivity index (χ3n) is 6.61. The zero-order chi connectivity index (χ0) is 24.7. The first-order valence-corrected chi connectivity index (χ1v) is 13.8. The summed E-state index contributed by atoms with van der Waals surface area (Å²) in [4.78, 5) is 23.9. The SMILES string of the molecule is CC[C@H]1CCN(C(=O)c2ccc(-c3cn(S(=O)(=O)c4ccc(C)cc4)c4ncc(Br)nc34)cc2)C1. The van der Waals surface area contributed by atoms with Crippen LogP contribution in [0.15, 0.2) is 70.4 Å². The molecule has 1 amide bonds. The monoisotopic (exact) mass is 552 g/mol. The quantitative estimate of drug-likeness (QED) is 0.336. The number of hydrogen-bond acceptors (Lipinski definition) is 5. The number of carbonyl (C=O) groups is 1. The maximum atomic E-state index is 13.5. The zero-order valence-electron chi connectivity index (χ0n) is 19.5. The molecule has 2 aromatic heterocycles. The zero-order valence-corrected chi connectivity index (χ0v) is 21.9. The summed E-state index contributed by atoms with van der Waals surface area (Å²) in [5, 5.41) is 0. The van der Waals surface area contributed by atoms with Crippen LogP contribution in [-0.2, 0) is 10.0 Å². The number of rotatable bonds is 5. The second kappa shape index (κ2) is 9.20. The van der Waals surface area contributed by atoms with Gasteiger partial charge in [0.25, 0.3) is 15.9 Å². The first-order chi connectivity index (χ1) is 16.8. The van der Waals surface area contributed by atoms with Gasteiger partial charge >= 0.3 is 0 Å². The fourth-order valence-corrected chi connectivity index (χ4v) is 6.08. The second-order valence-corrected chi connectivity index (χ2v) is 11.5. The molecule has 0 saturated carbocycles. The fraction of sp³-hybridized carbons (Fsp3) is 0.269. The van der Waals surface area contributed by atoms with E-state index in [1.165, 1.54) is 10.2 Å². The predicted molar refractivity (Wildman–Crippen MR) is 139 cm³/mol. The van der Waals surface area contributed by atoms with E-state index < -0.39 is 10.0 Å². The Balaban J connectivity index is 1.54. The highest BCUT2D eigenvalue weighted by molar-refractivity contribution is 9.10. The van der Waals surface area contributed by atoms with Gasteiger partial charge in [-0.05, 0) is 65.0 Å². The van der Waals surface area contributed by atoms with Crippen molar-refractivity contribution in [3.05, 3.63) is 76.7 Å². The first-order valence-electron chi connectivity index (χ1n) is 11.5. The largest absolute Gasteiger partial charge is 0.338 e. The Kier molecular flexibility index (Phi) is 6.23. The second-order valence-electron chi connectivity index (χ2n) is 8.91. The van der Waals surface area contributed by atoms with Crippen LogP contribution in [0.3, 0.4) is 0 Å². The molecule has 0 spiro atoms. The molecule has 1 fully saturated rings. The number of fused-ring (bicyclic) bond motifs is 1. The van der Waals surface area contributed by atoms with Gasteiger partial charge in [-0.2, -0.15) is 0 Å². The van der Waals surface area contributed by atoms with E-state index in [9.17, 15) is 13.2 Å². The average molecular weight is 553 g/mol. The van der Waals surface area contributed by atoms with E-state index in [0.29, 0.717) is 27.2 Å². The molecule has 0 bridgehead atoms. The maximum Gasteiger partial charge on any atom is 0.269 e. The molecule has 1 aliphatic heterocycles. The lowest BCUT2D eigenvalue weighted by molar-refractivity contribution is 0.0787. The van der Waals surface area contributed by atoms with Crippen molar-refractivity contribution in [2.45, 2.75) is 31.6 Å². The molecule has 3 heterocycles. The Hall–Kier alpha value is -3.04. The summed E-state index contributed by atoms with van der Waals surface area (Å²) in [5.41, 5.74) is 3.67. The van der Waals surface area contributed by atoms with E-state index in [0.717, 1.165) is 37.1 Å². The van der Waals surface area contributed by atoms with Crippen molar-refractivity contribution in [1.82, 2.24) is 18.8 Å². The molecule has 1 atom stereocenters. The van der Waals surface area contributed by atoms with Gasteiger partial charge in [0, 0.05) is 30.4 Å². The van der Waals surface area contributed by atoms with Gasteiger partial charge < -0.3 is 4.90 Å². The number of likely N-dealkylation sites (tertiary alicyclic amines) is 1. The van der Waals surface area contributed by atoms with Gasteiger partial charge in [-0.3, -0.25) is 4.79 Å². The van der Waals surface area contributed by atoms with Gasteiger partial charge in [0.15, 0.2) is 5.65 Å². The van der Waals surface area contributed by atoms with Crippen molar-refractivity contribution < 1.29 is 13.2 Å². The molecule has 5 rings (SSSR count). The minimum atomic E-state index is -3.88. The molecule has 9 heteroatoms. The number of nitrogens with zero attached hydrogens (tertiary/aromatic N) is 4. The van der Waals surface area contributed by atoms with Crippen molar-refractivity contribution in [1.29, 1.82) is 0 Å². The molecule has 1 aliphatic rings. The minimum absolute atomic E-state index is 0.0272. The highest BCUT2D eigenvalue weighted by Crippen LogP contribution is 2.32.